The topological polar surface area (TPSA) is 0 Å². The van der Waals surface area contributed by atoms with Crippen molar-refractivity contribution >= 4 is 27.5 Å². The third-order valence-corrected chi connectivity index (χ3v) is 3.85. The zero-order valence-corrected chi connectivity index (χ0v) is 10.1. The third-order valence-electron chi connectivity index (χ3n) is 2.83. The Morgan fingerprint density at radius 1 is 0.750 bits per heavy atom. The SMILES string of the molecule is I[B]C1CCCCCCCCC1. The molecule has 0 aromatic heterocycles. The van der Waals surface area contributed by atoms with Crippen molar-refractivity contribution in [3.63, 3.8) is 0 Å². The molecule has 69 valence electrons. The second kappa shape index (κ2) is 7.22. The maximum atomic E-state index is 2.43. The first-order chi connectivity index (χ1) is 5.93. The molecule has 0 aromatic carbocycles. The van der Waals surface area contributed by atoms with Crippen molar-refractivity contribution in [2.45, 2.75) is 63.6 Å². The Balaban J connectivity index is 2.17. The summed E-state index contributed by atoms with van der Waals surface area (Å²) in [7, 11) is 0. The van der Waals surface area contributed by atoms with Gasteiger partial charge >= 0.3 is 0 Å². The van der Waals surface area contributed by atoms with Gasteiger partial charge in [0, 0.05) is 0 Å². The second-order valence-electron chi connectivity index (χ2n) is 3.94. The largest absolute Gasteiger partial charge is 0.203 e. The lowest BCUT2D eigenvalue weighted by molar-refractivity contribution is 0.504. The summed E-state index contributed by atoms with van der Waals surface area (Å²) >= 11 is 2.43. The van der Waals surface area contributed by atoms with E-state index in [1.165, 1.54) is 57.8 Å². The van der Waals surface area contributed by atoms with Gasteiger partial charge < -0.3 is 0 Å². The van der Waals surface area contributed by atoms with Crippen molar-refractivity contribution < 1.29 is 0 Å². The van der Waals surface area contributed by atoms with Crippen LogP contribution in [0.25, 0.3) is 0 Å². The van der Waals surface area contributed by atoms with Crippen LogP contribution < -0.4 is 0 Å². The molecule has 0 unspecified atom stereocenters. The van der Waals surface area contributed by atoms with Gasteiger partial charge in [0.05, 0.1) is 0 Å². The van der Waals surface area contributed by atoms with E-state index in [9.17, 15) is 0 Å². The minimum Gasteiger partial charge on any atom is -0.158 e. The molecule has 1 radical (unpaired) electrons. The highest BCUT2D eigenvalue weighted by atomic mass is 127. The zero-order chi connectivity index (χ0) is 8.65. The minimum absolute atomic E-state index is 0.920. The van der Waals surface area contributed by atoms with Gasteiger partial charge in [0.2, 0.25) is 5.14 Å². The summed E-state index contributed by atoms with van der Waals surface area (Å²) in [5.74, 6) is 0.920. The maximum Gasteiger partial charge on any atom is 0.203 e. The highest BCUT2D eigenvalue weighted by molar-refractivity contribution is 14.1. The molecular weight excluding hydrogens is 258 g/mol. The molecule has 0 bridgehead atoms. The second-order valence-corrected chi connectivity index (χ2v) is 4.66. The number of hydrogen-bond donors (Lipinski definition) is 0. The summed E-state index contributed by atoms with van der Waals surface area (Å²) < 4.78 is 0. The Labute approximate surface area is 91.0 Å². The average molecular weight is 277 g/mol. The van der Waals surface area contributed by atoms with Crippen LogP contribution in [-0.4, -0.2) is 5.14 Å². The van der Waals surface area contributed by atoms with Crippen LogP contribution in [0.15, 0.2) is 0 Å². The molecule has 0 heterocycles. The lowest BCUT2D eigenvalue weighted by Gasteiger charge is -2.14. The molecule has 0 atom stereocenters. The molecule has 0 N–H and O–H groups in total. The fraction of sp³-hybridized carbons (Fsp3) is 1.00. The van der Waals surface area contributed by atoms with Gasteiger partial charge in [-0.05, 0) is 0 Å². The normalized spacial score (nSPS) is 23.4. The van der Waals surface area contributed by atoms with Gasteiger partial charge in [-0.25, -0.2) is 0 Å². The van der Waals surface area contributed by atoms with E-state index in [0.717, 1.165) is 5.82 Å². The first-order valence-corrected chi connectivity index (χ1v) is 6.61. The average Bonchev–Trinajstić information content (AvgIpc) is 2.14. The monoisotopic (exact) mass is 277 g/mol. The summed E-state index contributed by atoms with van der Waals surface area (Å²) in [4.78, 5) is 0. The quantitative estimate of drug-likeness (QED) is 0.493. The number of hydrogen-bond acceptors (Lipinski definition) is 0. The molecular formula is C10H19BI. The first-order valence-electron chi connectivity index (χ1n) is 5.37. The van der Waals surface area contributed by atoms with Crippen molar-refractivity contribution in [3.8, 4) is 0 Å². The Hall–Kier alpha value is 0.795. The molecule has 1 saturated carbocycles. The van der Waals surface area contributed by atoms with Crippen molar-refractivity contribution in [1.29, 1.82) is 0 Å². The van der Waals surface area contributed by atoms with Crippen LogP contribution in [0.1, 0.15) is 57.8 Å². The van der Waals surface area contributed by atoms with Crippen LogP contribution in [0.3, 0.4) is 0 Å². The summed E-state index contributed by atoms with van der Waals surface area (Å²) in [6, 6.07) is 0. The third kappa shape index (κ3) is 4.73. The summed E-state index contributed by atoms with van der Waals surface area (Å²) in [6.45, 7) is 0. The highest BCUT2D eigenvalue weighted by Crippen LogP contribution is 2.25. The van der Waals surface area contributed by atoms with Crippen LogP contribution in [0.4, 0.5) is 0 Å². The molecule has 1 rings (SSSR count). The van der Waals surface area contributed by atoms with Gasteiger partial charge in [-0.3, -0.25) is 0 Å². The molecule has 0 saturated heterocycles. The van der Waals surface area contributed by atoms with Gasteiger partial charge in [0.15, 0.2) is 0 Å². The van der Waals surface area contributed by atoms with E-state index >= 15 is 0 Å². The molecule has 12 heavy (non-hydrogen) atoms. The Bertz CT molecular complexity index is 96.0. The van der Waals surface area contributed by atoms with Gasteiger partial charge in [-0.2, -0.15) is 22.4 Å². The van der Waals surface area contributed by atoms with Crippen LogP contribution in [0, 0.1) is 0 Å². The van der Waals surface area contributed by atoms with Crippen molar-refractivity contribution in [2.24, 2.45) is 0 Å². The fourth-order valence-corrected chi connectivity index (χ4v) is 2.69. The number of rotatable bonds is 1. The zero-order valence-electron chi connectivity index (χ0n) is 7.90. The Morgan fingerprint density at radius 3 is 1.58 bits per heavy atom. The van der Waals surface area contributed by atoms with E-state index in [1.807, 2.05) is 0 Å². The maximum absolute atomic E-state index is 2.43. The minimum atomic E-state index is 0.920. The highest BCUT2D eigenvalue weighted by Gasteiger charge is 2.08. The Kier molecular flexibility index (Phi) is 6.54. The van der Waals surface area contributed by atoms with E-state index in [4.69, 9.17) is 0 Å². The molecule has 1 aliphatic rings. The van der Waals surface area contributed by atoms with Gasteiger partial charge in [0.25, 0.3) is 0 Å². The van der Waals surface area contributed by atoms with Gasteiger partial charge in [-0.1, -0.05) is 63.6 Å². The van der Waals surface area contributed by atoms with E-state index in [2.05, 4.69) is 27.5 Å². The molecule has 0 nitrogen and oxygen atoms in total. The predicted molar refractivity (Wildman–Crippen MR) is 65.1 cm³/mol. The van der Waals surface area contributed by atoms with Gasteiger partial charge in [-0.15, -0.1) is 0 Å². The van der Waals surface area contributed by atoms with E-state index in [1.54, 1.807) is 0 Å². The first kappa shape index (κ1) is 10.9. The van der Waals surface area contributed by atoms with Gasteiger partial charge in [0.1, 0.15) is 0 Å². The van der Waals surface area contributed by atoms with Crippen LogP contribution in [0.2, 0.25) is 5.82 Å². The Morgan fingerprint density at radius 2 is 1.17 bits per heavy atom. The molecule has 0 amide bonds. The van der Waals surface area contributed by atoms with Crippen molar-refractivity contribution in [2.75, 3.05) is 0 Å². The van der Waals surface area contributed by atoms with Crippen LogP contribution in [0.5, 0.6) is 0 Å². The van der Waals surface area contributed by atoms with E-state index in [-0.39, 0.29) is 0 Å². The molecule has 1 aliphatic carbocycles. The molecule has 1 fully saturated rings. The molecule has 0 spiro atoms. The summed E-state index contributed by atoms with van der Waals surface area (Å²) in [5.41, 5.74) is 0. The lowest BCUT2D eigenvalue weighted by atomic mass is 9.78. The standard InChI is InChI=1S/C10H19BI/c12-11-10-8-6-4-2-1-3-5-7-9-10/h10H,1-9H2. The van der Waals surface area contributed by atoms with Crippen molar-refractivity contribution in [1.82, 2.24) is 0 Å². The smallest absolute Gasteiger partial charge is 0.158 e. The predicted octanol–water partition coefficient (Wildman–Crippen LogP) is 4.35. The van der Waals surface area contributed by atoms with E-state index < -0.39 is 0 Å². The molecule has 2 heteroatoms. The fourth-order valence-electron chi connectivity index (χ4n) is 1.97. The molecule has 0 aromatic rings. The van der Waals surface area contributed by atoms with Crippen molar-refractivity contribution in [3.05, 3.63) is 0 Å². The molecule has 0 aliphatic heterocycles. The number of halogens is 1. The summed E-state index contributed by atoms with van der Waals surface area (Å²) in [6.07, 6.45) is 13.2. The summed E-state index contributed by atoms with van der Waals surface area (Å²) in [5, 5.41) is 2.39. The van der Waals surface area contributed by atoms with Crippen LogP contribution >= 0.6 is 22.4 Å². The van der Waals surface area contributed by atoms with E-state index in [0.29, 0.717) is 0 Å². The van der Waals surface area contributed by atoms with Crippen LogP contribution in [-0.2, 0) is 0 Å². The lowest BCUT2D eigenvalue weighted by Crippen LogP contribution is -1.99.